The number of hydrogen-bond donors (Lipinski definition) is 2. The van der Waals surface area contributed by atoms with Gasteiger partial charge < -0.3 is 15.4 Å². The van der Waals surface area contributed by atoms with Crippen molar-refractivity contribution >= 4 is 29.7 Å². The molecule has 1 fully saturated rings. The van der Waals surface area contributed by atoms with E-state index in [-0.39, 0.29) is 24.4 Å². The maximum atomic E-state index is 12.3. The largest absolute Gasteiger partial charge is 0.497 e. The molecule has 1 amide bonds. The summed E-state index contributed by atoms with van der Waals surface area (Å²) in [5, 5.41) is 6.35. The summed E-state index contributed by atoms with van der Waals surface area (Å²) in [5.41, 5.74) is 2.22. The number of benzene rings is 1. The lowest BCUT2D eigenvalue weighted by molar-refractivity contribution is 0.0944. The average molecular weight is 353 g/mol. The Hall–Kier alpha value is -1.56. The lowest BCUT2D eigenvalue weighted by atomic mass is 10.1. The molecule has 1 unspecified atom stereocenters. The van der Waals surface area contributed by atoms with Crippen LogP contribution in [0.25, 0.3) is 11.1 Å². The first kappa shape index (κ1) is 17.8. The Balaban J connectivity index is 0.00000192. The standard InChI is InChI=1S/C17H20N2O2S.ClH/c1-11-15(12-3-5-14(21-2)6-4-12)9-16(22-11)17(20)19-13-7-8-18-10-13;/h3-6,9,13,18H,7-8,10H2,1-2H3,(H,19,20);1H. The summed E-state index contributed by atoms with van der Waals surface area (Å²) in [7, 11) is 1.66. The zero-order valence-corrected chi connectivity index (χ0v) is 14.9. The Morgan fingerprint density at radius 1 is 1.35 bits per heavy atom. The summed E-state index contributed by atoms with van der Waals surface area (Å²) in [6.07, 6.45) is 1.00. The second kappa shape index (κ2) is 7.81. The molecule has 124 valence electrons. The number of methoxy groups -OCH3 is 1. The molecule has 0 spiro atoms. The van der Waals surface area contributed by atoms with Crippen LogP contribution in [0, 0.1) is 6.92 Å². The number of halogens is 1. The van der Waals surface area contributed by atoms with Crippen molar-refractivity contribution in [2.24, 2.45) is 0 Å². The van der Waals surface area contributed by atoms with Crippen molar-refractivity contribution < 1.29 is 9.53 Å². The van der Waals surface area contributed by atoms with E-state index in [1.807, 2.05) is 30.3 Å². The van der Waals surface area contributed by atoms with Gasteiger partial charge in [-0.05, 0) is 49.2 Å². The van der Waals surface area contributed by atoms with Gasteiger partial charge in [0.15, 0.2) is 0 Å². The number of hydrogen-bond acceptors (Lipinski definition) is 4. The smallest absolute Gasteiger partial charge is 0.261 e. The first-order valence-electron chi connectivity index (χ1n) is 7.44. The molecule has 2 N–H and O–H groups in total. The minimum atomic E-state index is 0. The third-order valence-corrected chi connectivity index (χ3v) is 4.99. The van der Waals surface area contributed by atoms with Crippen molar-refractivity contribution in [3.63, 3.8) is 0 Å². The summed E-state index contributed by atoms with van der Waals surface area (Å²) in [6.45, 7) is 3.89. The molecule has 1 aromatic heterocycles. The molecule has 2 heterocycles. The Morgan fingerprint density at radius 3 is 2.70 bits per heavy atom. The Labute approximate surface area is 146 Å². The van der Waals surface area contributed by atoms with E-state index in [0.717, 1.165) is 46.1 Å². The van der Waals surface area contributed by atoms with Gasteiger partial charge >= 0.3 is 0 Å². The minimum Gasteiger partial charge on any atom is -0.497 e. The summed E-state index contributed by atoms with van der Waals surface area (Å²) < 4.78 is 5.19. The van der Waals surface area contributed by atoms with E-state index in [9.17, 15) is 4.79 Å². The second-order valence-corrected chi connectivity index (χ2v) is 6.73. The highest BCUT2D eigenvalue weighted by atomic mass is 35.5. The lowest BCUT2D eigenvalue weighted by Gasteiger charge is -2.09. The number of carbonyl (C=O) groups excluding carboxylic acids is 1. The molecule has 23 heavy (non-hydrogen) atoms. The topological polar surface area (TPSA) is 50.4 Å². The number of amides is 1. The van der Waals surface area contributed by atoms with Crippen LogP contribution < -0.4 is 15.4 Å². The summed E-state index contributed by atoms with van der Waals surface area (Å²) >= 11 is 1.55. The molecule has 0 aliphatic carbocycles. The summed E-state index contributed by atoms with van der Waals surface area (Å²) in [6, 6.07) is 10.2. The number of thiophene rings is 1. The average Bonchev–Trinajstić information content (AvgIpc) is 3.17. The van der Waals surface area contributed by atoms with Crippen LogP contribution in [0.1, 0.15) is 21.0 Å². The third-order valence-electron chi connectivity index (χ3n) is 3.94. The van der Waals surface area contributed by atoms with Crippen molar-refractivity contribution in [1.29, 1.82) is 0 Å². The first-order valence-corrected chi connectivity index (χ1v) is 8.25. The molecule has 0 bridgehead atoms. The minimum absolute atomic E-state index is 0. The van der Waals surface area contributed by atoms with Crippen LogP contribution in [0.15, 0.2) is 30.3 Å². The van der Waals surface area contributed by atoms with Gasteiger partial charge in [-0.3, -0.25) is 4.79 Å². The quantitative estimate of drug-likeness (QED) is 0.888. The monoisotopic (exact) mass is 352 g/mol. The number of rotatable bonds is 4. The van der Waals surface area contributed by atoms with E-state index in [1.54, 1.807) is 18.4 Å². The molecule has 1 aromatic carbocycles. The molecular formula is C17H21ClN2O2S. The zero-order chi connectivity index (χ0) is 15.5. The highest BCUT2D eigenvalue weighted by Gasteiger charge is 2.19. The fourth-order valence-electron chi connectivity index (χ4n) is 2.69. The van der Waals surface area contributed by atoms with Gasteiger partial charge in [-0.15, -0.1) is 23.7 Å². The predicted octanol–water partition coefficient (Wildman–Crippen LogP) is 3.25. The maximum Gasteiger partial charge on any atom is 0.261 e. The van der Waals surface area contributed by atoms with Crippen LogP contribution in [0.5, 0.6) is 5.75 Å². The summed E-state index contributed by atoms with van der Waals surface area (Å²) in [4.78, 5) is 14.3. The van der Waals surface area contributed by atoms with Crippen LogP contribution in [0.4, 0.5) is 0 Å². The molecular weight excluding hydrogens is 332 g/mol. The van der Waals surface area contributed by atoms with Gasteiger partial charge in [-0.2, -0.15) is 0 Å². The van der Waals surface area contributed by atoms with Crippen LogP contribution in [0.2, 0.25) is 0 Å². The summed E-state index contributed by atoms with van der Waals surface area (Å²) in [5.74, 6) is 0.866. The molecule has 1 atom stereocenters. The molecule has 6 heteroatoms. The Kier molecular flexibility index (Phi) is 6.04. The van der Waals surface area contributed by atoms with Crippen LogP contribution in [-0.2, 0) is 0 Å². The Morgan fingerprint density at radius 2 is 2.09 bits per heavy atom. The second-order valence-electron chi connectivity index (χ2n) is 5.47. The molecule has 0 saturated carbocycles. The molecule has 1 aliphatic rings. The molecule has 2 aromatic rings. The Bertz CT molecular complexity index is 664. The maximum absolute atomic E-state index is 12.3. The molecule has 3 rings (SSSR count). The van der Waals surface area contributed by atoms with Crippen LogP contribution in [0.3, 0.4) is 0 Å². The number of aryl methyl sites for hydroxylation is 1. The van der Waals surface area contributed by atoms with Gasteiger partial charge in [0.2, 0.25) is 0 Å². The van der Waals surface area contributed by atoms with E-state index < -0.39 is 0 Å². The molecule has 0 radical (unpaired) electrons. The number of carbonyl (C=O) groups is 1. The van der Waals surface area contributed by atoms with Crippen molar-refractivity contribution in [3.05, 3.63) is 40.1 Å². The van der Waals surface area contributed by atoms with E-state index >= 15 is 0 Å². The molecule has 1 saturated heterocycles. The van der Waals surface area contributed by atoms with Gasteiger partial charge in [0.25, 0.3) is 5.91 Å². The van der Waals surface area contributed by atoms with Crippen LogP contribution in [-0.4, -0.2) is 32.1 Å². The third kappa shape index (κ3) is 4.05. The van der Waals surface area contributed by atoms with Crippen molar-refractivity contribution in [2.45, 2.75) is 19.4 Å². The van der Waals surface area contributed by atoms with Crippen molar-refractivity contribution in [3.8, 4) is 16.9 Å². The van der Waals surface area contributed by atoms with Gasteiger partial charge in [0, 0.05) is 17.5 Å². The van der Waals surface area contributed by atoms with Gasteiger partial charge in [-0.1, -0.05) is 12.1 Å². The van der Waals surface area contributed by atoms with Gasteiger partial charge in [0.05, 0.1) is 12.0 Å². The SMILES string of the molecule is COc1ccc(-c2cc(C(=O)NC3CCNC3)sc2C)cc1.Cl. The van der Waals surface area contributed by atoms with Crippen LogP contribution >= 0.6 is 23.7 Å². The predicted molar refractivity (Wildman–Crippen MR) is 97.0 cm³/mol. The van der Waals surface area contributed by atoms with Crippen molar-refractivity contribution in [2.75, 3.05) is 20.2 Å². The lowest BCUT2D eigenvalue weighted by Crippen LogP contribution is -2.35. The highest BCUT2D eigenvalue weighted by Crippen LogP contribution is 2.32. The van der Waals surface area contributed by atoms with E-state index in [2.05, 4.69) is 17.6 Å². The highest BCUT2D eigenvalue weighted by molar-refractivity contribution is 7.14. The number of nitrogens with one attached hydrogen (secondary N) is 2. The number of ether oxygens (including phenoxy) is 1. The molecule has 1 aliphatic heterocycles. The van der Waals surface area contributed by atoms with Crippen molar-refractivity contribution in [1.82, 2.24) is 10.6 Å². The van der Waals surface area contributed by atoms with E-state index in [4.69, 9.17) is 4.74 Å². The van der Waals surface area contributed by atoms with Gasteiger partial charge in [0.1, 0.15) is 5.75 Å². The molecule has 4 nitrogen and oxygen atoms in total. The fraction of sp³-hybridized carbons (Fsp3) is 0.353. The van der Waals surface area contributed by atoms with Gasteiger partial charge in [-0.25, -0.2) is 0 Å². The first-order chi connectivity index (χ1) is 10.7. The van der Waals surface area contributed by atoms with E-state index in [0.29, 0.717) is 0 Å². The fourth-order valence-corrected chi connectivity index (χ4v) is 3.63. The normalized spacial score (nSPS) is 16.7. The zero-order valence-electron chi connectivity index (χ0n) is 13.2. The van der Waals surface area contributed by atoms with E-state index in [1.165, 1.54) is 0 Å².